The van der Waals surface area contributed by atoms with E-state index in [0.29, 0.717) is 12.1 Å². The first-order valence-corrected chi connectivity index (χ1v) is 8.30. The summed E-state index contributed by atoms with van der Waals surface area (Å²) in [6.45, 7) is 0. The number of anilines is 1. The Balaban J connectivity index is 1.91. The SMILES string of the molecule is O=C(CCc1cccs1)Nc1ccc(S(=O)C(F)(F)F)cc1. The van der Waals surface area contributed by atoms with Crippen LogP contribution in [0, 0.1) is 0 Å². The van der Waals surface area contributed by atoms with Crippen LogP contribution in [0.3, 0.4) is 0 Å². The van der Waals surface area contributed by atoms with Crippen LogP contribution >= 0.6 is 11.3 Å². The molecular weight excluding hydrogens is 335 g/mol. The quantitative estimate of drug-likeness (QED) is 0.890. The van der Waals surface area contributed by atoms with Gasteiger partial charge in [0.1, 0.15) is 0 Å². The molecule has 1 aromatic carbocycles. The fourth-order valence-electron chi connectivity index (χ4n) is 1.71. The van der Waals surface area contributed by atoms with Gasteiger partial charge in [-0.3, -0.25) is 4.79 Å². The molecule has 0 fully saturated rings. The molecule has 0 aliphatic carbocycles. The minimum Gasteiger partial charge on any atom is -0.326 e. The lowest BCUT2D eigenvalue weighted by Gasteiger charge is -2.08. The summed E-state index contributed by atoms with van der Waals surface area (Å²) in [5.74, 6) is -0.224. The largest absolute Gasteiger partial charge is 0.475 e. The van der Waals surface area contributed by atoms with Crippen LogP contribution in [0.1, 0.15) is 11.3 Å². The Labute approximate surface area is 131 Å². The molecule has 1 N–H and O–H groups in total. The van der Waals surface area contributed by atoms with E-state index < -0.39 is 16.3 Å². The number of halogens is 3. The number of carbonyl (C=O) groups excluding carboxylic acids is 1. The summed E-state index contributed by atoms with van der Waals surface area (Å²) in [5.41, 5.74) is -4.41. The van der Waals surface area contributed by atoms with Crippen LogP contribution < -0.4 is 5.32 Å². The first-order chi connectivity index (χ1) is 10.4. The highest BCUT2D eigenvalue weighted by Crippen LogP contribution is 2.26. The average molecular weight is 347 g/mol. The lowest BCUT2D eigenvalue weighted by atomic mass is 10.2. The summed E-state index contributed by atoms with van der Waals surface area (Å²) in [5, 5.41) is 4.52. The van der Waals surface area contributed by atoms with Crippen molar-refractivity contribution in [3.8, 4) is 0 Å². The summed E-state index contributed by atoms with van der Waals surface area (Å²) in [7, 11) is -3.06. The second kappa shape index (κ2) is 7.06. The zero-order chi connectivity index (χ0) is 16.2. The zero-order valence-electron chi connectivity index (χ0n) is 11.2. The van der Waals surface area contributed by atoms with Crippen LogP contribution in [-0.4, -0.2) is 15.6 Å². The van der Waals surface area contributed by atoms with Gasteiger partial charge in [-0.25, -0.2) is 4.21 Å². The molecule has 3 nitrogen and oxygen atoms in total. The van der Waals surface area contributed by atoms with Gasteiger partial charge in [0.25, 0.3) is 0 Å². The van der Waals surface area contributed by atoms with Crippen LogP contribution in [0.2, 0.25) is 0 Å². The molecule has 1 aromatic heterocycles. The molecule has 1 amide bonds. The summed E-state index contributed by atoms with van der Waals surface area (Å²) in [4.78, 5) is 12.5. The number of benzene rings is 1. The molecule has 0 bridgehead atoms. The molecule has 0 saturated heterocycles. The van der Waals surface area contributed by atoms with Gasteiger partial charge in [0.15, 0.2) is 10.8 Å². The van der Waals surface area contributed by atoms with E-state index in [1.54, 1.807) is 11.3 Å². The lowest BCUT2D eigenvalue weighted by molar-refractivity contribution is -0.116. The number of aryl methyl sites for hydroxylation is 1. The normalized spacial score (nSPS) is 12.9. The predicted octanol–water partition coefficient (Wildman–Crippen LogP) is 3.95. The van der Waals surface area contributed by atoms with E-state index in [-0.39, 0.29) is 17.2 Å². The van der Waals surface area contributed by atoms with E-state index in [0.717, 1.165) is 17.0 Å². The van der Waals surface area contributed by atoms with Crippen LogP contribution in [0.25, 0.3) is 0 Å². The third kappa shape index (κ3) is 4.67. The average Bonchev–Trinajstić information content (AvgIpc) is 2.97. The fourth-order valence-corrected chi connectivity index (χ4v) is 3.07. The van der Waals surface area contributed by atoms with Gasteiger partial charge in [0.2, 0.25) is 5.91 Å². The van der Waals surface area contributed by atoms with E-state index >= 15 is 0 Å². The van der Waals surface area contributed by atoms with Crippen molar-refractivity contribution in [1.82, 2.24) is 0 Å². The second-order valence-corrected chi connectivity index (χ2v) is 6.87. The Morgan fingerprint density at radius 2 is 1.86 bits per heavy atom. The van der Waals surface area contributed by atoms with Gasteiger partial charge >= 0.3 is 5.51 Å². The van der Waals surface area contributed by atoms with Crippen molar-refractivity contribution in [3.05, 3.63) is 46.7 Å². The highest BCUT2D eigenvalue weighted by molar-refractivity contribution is 7.86. The fraction of sp³-hybridized carbons (Fsp3) is 0.214. The molecule has 1 atom stereocenters. The predicted molar refractivity (Wildman–Crippen MR) is 80.2 cm³/mol. The third-order valence-electron chi connectivity index (χ3n) is 2.74. The first kappa shape index (κ1) is 16.7. The minimum atomic E-state index is -4.79. The topological polar surface area (TPSA) is 46.2 Å². The van der Waals surface area contributed by atoms with Gasteiger partial charge in [-0.1, -0.05) is 6.07 Å². The van der Waals surface area contributed by atoms with Crippen molar-refractivity contribution in [2.45, 2.75) is 23.2 Å². The van der Waals surface area contributed by atoms with E-state index in [9.17, 15) is 22.2 Å². The molecule has 2 aromatic rings. The van der Waals surface area contributed by atoms with Crippen LogP contribution in [-0.2, 0) is 22.0 Å². The number of hydrogen-bond acceptors (Lipinski definition) is 3. The van der Waals surface area contributed by atoms with Crippen LogP contribution in [0.4, 0.5) is 18.9 Å². The Hall–Kier alpha value is -1.67. The molecule has 22 heavy (non-hydrogen) atoms. The van der Waals surface area contributed by atoms with Gasteiger partial charge in [0, 0.05) is 21.9 Å². The number of alkyl halides is 3. The minimum absolute atomic E-state index is 0.224. The van der Waals surface area contributed by atoms with Gasteiger partial charge in [-0.15, -0.1) is 11.3 Å². The van der Waals surface area contributed by atoms with Crippen molar-refractivity contribution in [3.63, 3.8) is 0 Å². The van der Waals surface area contributed by atoms with Gasteiger partial charge in [-0.2, -0.15) is 13.2 Å². The van der Waals surface area contributed by atoms with Gasteiger partial charge in [-0.05, 0) is 42.1 Å². The van der Waals surface area contributed by atoms with Crippen molar-refractivity contribution < 1.29 is 22.2 Å². The maximum atomic E-state index is 12.3. The number of rotatable bonds is 5. The summed E-state index contributed by atoms with van der Waals surface area (Å²) in [6.07, 6.45) is 0.899. The van der Waals surface area contributed by atoms with Crippen molar-refractivity contribution >= 4 is 33.7 Å². The smallest absolute Gasteiger partial charge is 0.326 e. The molecule has 118 valence electrons. The summed E-state index contributed by atoms with van der Waals surface area (Å²) < 4.78 is 48.1. The number of thiophene rings is 1. The summed E-state index contributed by atoms with van der Waals surface area (Å²) in [6, 6.07) is 8.64. The van der Waals surface area contributed by atoms with E-state index in [2.05, 4.69) is 5.32 Å². The van der Waals surface area contributed by atoms with E-state index in [1.165, 1.54) is 12.1 Å². The highest BCUT2D eigenvalue weighted by Gasteiger charge is 2.37. The second-order valence-electron chi connectivity index (χ2n) is 4.37. The monoisotopic (exact) mass is 347 g/mol. The lowest BCUT2D eigenvalue weighted by Crippen LogP contribution is -2.16. The number of amides is 1. The Bertz CT molecular complexity index is 652. The Kier molecular flexibility index (Phi) is 5.36. The molecule has 1 unspecified atom stereocenters. The molecular formula is C14H12F3NO2S2. The molecule has 0 radical (unpaired) electrons. The van der Waals surface area contributed by atoms with Crippen LogP contribution in [0.15, 0.2) is 46.7 Å². The molecule has 0 spiro atoms. The van der Waals surface area contributed by atoms with E-state index in [4.69, 9.17) is 0 Å². The highest BCUT2D eigenvalue weighted by atomic mass is 32.2. The van der Waals surface area contributed by atoms with Gasteiger partial charge in [0.05, 0.1) is 0 Å². The molecule has 0 aliphatic rings. The number of hydrogen-bond donors (Lipinski definition) is 1. The maximum Gasteiger partial charge on any atom is 0.475 e. The molecule has 1 heterocycles. The molecule has 0 saturated carbocycles. The Morgan fingerprint density at radius 1 is 1.18 bits per heavy atom. The van der Waals surface area contributed by atoms with Gasteiger partial charge < -0.3 is 5.32 Å². The number of nitrogens with one attached hydrogen (secondary N) is 1. The molecule has 8 heteroatoms. The summed E-state index contributed by atoms with van der Waals surface area (Å²) >= 11 is 1.56. The Morgan fingerprint density at radius 3 is 2.41 bits per heavy atom. The zero-order valence-corrected chi connectivity index (χ0v) is 12.9. The molecule has 2 rings (SSSR count). The first-order valence-electron chi connectivity index (χ1n) is 6.27. The van der Waals surface area contributed by atoms with E-state index in [1.807, 2.05) is 17.5 Å². The van der Waals surface area contributed by atoms with Crippen molar-refractivity contribution in [2.75, 3.05) is 5.32 Å². The standard InChI is InChI=1S/C14H12F3NO2S2/c15-14(16,17)22(20)12-6-3-10(4-7-12)18-13(19)8-5-11-2-1-9-21-11/h1-4,6-7,9H,5,8H2,(H,18,19). The van der Waals surface area contributed by atoms with Crippen molar-refractivity contribution in [1.29, 1.82) is 0 Å². The number of carbonyl (C=O) groups is 1. The van der Waals surface area contributed by atoms with Crippen molar-refractivity contribution in [2.24, 2.45) is 0 Å². The third-order valence-corrected chi connectivity index (χ3v) is 4.80. The molecule has 0 aliphatic heterocycles. The van der Waals surface area contributed by atoms with Crippen LogP contribution in [0.5, 0.6) is 0 Å². The maximum absolute atomic E-state index is 12.3.